The van der Waals surface area contributed by atoms with Crippen LogP contribution >= 0.6 is 0 Å². The first-order valence-corrected chi connectivity index (χ1v) is 6.02. The van der Waals surface area contributed by atoms with Crippen molar-refractivity contribution in [1.29, 1.82) is 5.26 Å². The fourth-order valence-corrected chi connectivity index (χ4v) is 2.66. The van der Waals surface area contributed by atoms with Crippen molar-refractivity contribution in [3.05, 3.63) is 16.8 Å². The van der Waals surface area contributed by atoms with E-state index in [2.05, 4.69) is 17.6 Å². The summed E-state index contributed by atoms with van der Waals surface area (Å²) in [6.07, 6.45) is 1.07. The maximum absolute atomic E-state index is 9.12. The average molecular weight is 233 g/mol. The molecule has 2 heterocycles. The molecule has 2 rings (SSSR count). The van der Waals surface area contributed by atoms with Gasteiger partial charge in [-0.15, -0.1) is 0 Å². The van der Waals surface area contributed by atoms with Gasteiger partial charge in [0.05, 0.1) is 12.2 Å². The van der Waals surface area contributed by atoms with Crippen molar-refractivity contribution in [3.63, 3.8) is 0 Å². The standard InChI is InChI=1S/C13H19N3O/c1-8-9(2)16(13(15)12(8)6-14)10(3)11-4-5-17-7-11/h10-11H,4-5,7,15H2,1-3H3. The molecule has 92 valence electrons. The molecule has 1 aromatic heterocycles. The van der Waals surface area contributed by atoms with Crippen LogP contribution in [0.1, 0.15) is 36.2 Å². The molecular formula is C13H19N3O. The lowest BCUT2D eigenvalue weighted by atomic mass is 10.0. The number of nitrogens with two attached hydrogens (primary N) is 1. The number of hydrogen-bond donors (Lipinski definition) is 1. The van der Waals surface area contributed by atoms with Crippen LogP contribution in [0.2, 0.25) is 0 Å². The van der Waals surface area contributed by atoms with Crippen molar-refractivity contribution in [2.75, 3.05) is 18.9 Å². The summed E-state index contributed by atoms with van der Waals surface area (Å²) in [4.78, 5) is 0. The molecule has 0 radical (unpaired) electrons. The van der Waals surface area contributed by atoms with Crippen LogP contribution < -0.4 is 5.73 Å². The van der Waals surface area contributed by atoms with Crippen LogP contribution in [-0.2, 0) is 4.74 Å². The Kier molecular flexibility index (Phi) is 3.12. The SMILES string of the molecule is Cc1c(C#N)c(N)n(C(C)C2CCOC2)c1C. The second-order valence-corrected chi connectivity index (χ2v) is 4.82. The van der Waals surface area contributed by atoms with Crippen LogP contribution in [0.15, 0.2) is 0 Å². The van der Waals surface area contributed by atoms with Crippen LogP contribution in [0, 0.1) is 31.1 Å². The van der Waals surface area contributed by atoms with Crippen molar-refractivity contribution in [3.8, 4) is 6.07 Å². The van der Waals surface area contributed by atoms with Gasteiger partial charge in [-0.2, -0.15) is 5.26 Å². The van der Waals surface area contributed by atoms with E-state index in [-0.39, 0.29) is 0 Å². The molecule has 1 saturated heterocycles. The predicted molar refractivity (Wildman–Crippen MR) is 66.7 cm³/mol. The molecule has 0 bridgehead atoms. The number of nitriles is 1. The van der Waals surface area contributed by atoms with Crippen molar-refractivity contribution in [2.24, 2.45) is 5.92 Å². The molecule has 0 saturated carbocycles. The molecule has 4 nitrogen and oxygen atoms in total. The third-order valence-electron chi connectivity index (χ3n) is 3.96. The highest BCUT2D eigenvalue weighted by Crippen LogP contribution is 2.33. The Hall–Kier alpha value is -1.47. The van der Waals surface area contributed by atoms with Crippen LogP contribution in [-0.4, -0.2) is 17.8 Å². The molecule has 17 heavy (non-hydrogen) atoms. The minimum atomic E-state index is 0.290. The molecule has 2 unspecified atom stereocenters. The third-order valence-corrected chi connectivity index (χ3v) is 3.96. The molecule has 0 amide bonds. The molecule has 1 fully saturated rings. The molecule has 0 aromatic carbocycles. The fourth-order valence-electron chi connectivity index (χ4n) is 2.66. The second kappa shape index (κ2) is 4.42. The minimum absolute atomic E-state index is 0.290. The van der Waals surface area contributed by atoms with Gasteiger partial charge in [0, 0.05) is 24.3 Å². The molecule has 4 heteroatoms. The third kappa shape index (κ3) is 1.81. The van der Waals surface area contributed by atoms with Gasteiger partial charge in [-0.1, -0.05) is 0 Å². The van der Waals surface area contributed by atoms with E-state index in [0.29, 0.717) is 23.3 Å². The number of nitrogen functional groups attached to an aromatic ring is 1. The number of nitrogens with zero attached hydrogens (tertiary/aromatic N) is 2. The Labute approximate surface area is 102 Å². The summed E-state index contributed by atoms with van der Waals surface area (Å²) in [7, 11) is 0. The average Bonchev–Trinajstić information content (AvgIpc) is 2.88. The first-order chi connectivity index (χ1) is 8.07. The van der Waals surface area contributed by atoms with Gasteiger partial charge in [0.1, 0.15) is 11.9 Å². The smallest absolute Gasteiger partial charge is 0.122 e. The number of rotatable bonds is 2. The van der Waals surface area contributed by atoms with Crippen molar-refractivity contribution < 1.29 is 4.74 Å². The van der Waals surface area contributed by atoms with Gasteiger partial charge < -0.3 is 15.0 Å². The van der Waals surface area contributed by atoms with Crippen molar-refractivity contribution in [1.82, 2.24) is 4.57 Å². The molecule has 2 N–H and O–H groups in total. The monoisotopic (exact) mass is 233 g/mol. The fraction of sp³-hybridized carbons (Fsp3) is 0.615. The number of aromatic nitrogens is 1. The quantitative estimate of drug-likeness (QED) is 0.851. The van der Waals surface area contributed by atoms with Crippen LogP contribution in [0.3, 0.4) is 0 Å². The number of hydrogen-bond acceptors (Lipinski definition) is 3. The zero-order chi connectivity index (χ0) is 12.6. The van der Waals surface area contributed by atoms with Gasteiger partial charge in [-0.05, 0) is 32.8 Å². The van der Waals surface area contributed by atoms with Crippen LogP contribution in [0.25, 0.3) is 0 Å². The molecule has 1 aliphatic heterocycles. The topological polar surface area (TPSA) is 64.0 Å². The maximum atomic E-state index is 9.12. The van der Waals surface area contributed by atoms with Gasteiger partial charge in [0.2, 0.25) is 0 Å². The Morgan fingerprint density at radius 1 is 1.53 bits per heavy atom. The van der Waals surface area contributed by atoms with Crippen molar-refractivity contribution in [2.45, 2.75) is 33.2 Å². The van der Waals surface area contributed by atoms with E-state index in [9.17, 15) is 0 Å². The highest BCUT2D eigenvalue weighted by atomic mass is 16.5. The van der Waals surface area contributed by atoms with E-state index in [0.717, 1.165) is 30.9 Å². The zero-order valence-corrected chi connectivity index (χ0v) is 10.7. The molecule has 1 aromatic rings. The summed E-state index contributed by atoms with van der Waals surface area (Å²) in [5.41, 5.74) is 8.79. The van der Waals surface area contributed by atoms with E-state index >= 15 is 0 Å². The lowest BCUT2D eigenvalue weighted by Crippen LogP contribution is -2.19. The number of anilines is 1. The number of ether oxygens (including phenoxy) is 1. The van der Waals surface area contributed by atoms with Gasteiger partial charge in [-0.25, -0.2) is 0 Å². The van der Waals surface area contributed by atoms with Gasteiger partial charge >= 0.3 is 0 Å². The largest absolute Gasteiger partial charge is 0.384 e. The minimum Gasteiger partial charge on any atom is -0.384 e. The van der Waals surface area contributed by atoms with Crippen LogP contribution in [0.5, 0.6) is 0 Å². The molecule has 2 atom stereocenters. The van der Waals surface area contributed by atoms with Crippen molar-refractivity contribution >= 4 is 5.82 Å². The van der Waals surface area contributed by atoms with E-state index in [4.69, 9.17) is 15.7 Å². The normalized spacial score (nSPS) is 21.4. The summed E-state index contributed by atoms with van der Waals surface area (Å²) in [5, 5.41) is 9.12. The summed E-state index contributed by atoms with van der Waals surface area (Å²) >= 11 is 0. The summed E-state index contributed by atoms with van der Waals surface area (Å²) < 4.78 is 7.51. The highest BCUT2D eigenvalue weighted by molar-refractivity contribution is 5.58. The van der Waals surface area contributed by atoms with Gasteiger partial charge in [-0.3, -0.25) is 0 Å². The Morgan fingerprint density at radius 3 is 2.71 bits per heavy atom. The van der Waals surface area contributed by atoms with Gasteiger partial charge in [0.25, 0.3) is 0 Å². The molecule has 0 aliphatic carbocycles. The van der Waals surface area contributed by atoms with Gasteiger partial charge in [0.15, 0.2) is 0 Å². The molecule has 0 spiro atoms. The highest BCUT2D eigenvalue weighted by Gasteiger charge is 2.27. The second-order valence-electron chi connectivity index (χ2n) is 4.82. The molecule has 1 aliphatic rings. The lowest BCUT2D eigenvalue weighted by Gasteiger charge is -2.23. The lowest BCUT2D eigenvalue weighted by molar-refractivity contribution is 0.175. The summed E-state index contributed by atoms with van der Waals surface area (Å²) in [6, 6.07) is 2.48. The Balaban J connectivity index is 2.41. The van der Waals surface area contributed by atoms with E-state index < -0.39 is 0 Å². The predicted octanol–water partition coefficient (Wildman–Crippen LogP) is 2.16. The first-order valence-electron chi connectivity index (χ1n) is 6.02. The molecular weight excluding hydrogens is 214 g/mol. The summed E-state index contributed by atoms with van der Waals surface area (Å²) in [6.45, 7) is 7.76. The van der Waals surface area contributed by atoms with Crippen LogP contribution in [0.4, 0.5) is 5.82 Å². The first kappa shape index (κ1) is 12.0. The Morgan fingerprint density at radius 2 is 2.24 bits per heavy atom. The Bertz CT molecular complexity index is 464. The van der Waals surface area contributed by atoms with E-state index in [1.165, 1.54) is 0 Å². The van der Waals surface area contributed by atoms with E-state index in [1.54, 1.807) is 0 Å². The maximum Gasteiger partial charge on any atom is 0.122 e. The summed E-state index contributed by atoms with van der Waals surface area (Å²) in [5.74, 6) is 1.09. The van der Waals surface area contributed by atoms with E-state index in [1.807, 2.05) is 13.8 Å². The zero-order valence-electron chi connectivity index (χ0n) is 10.7.